The number of carbonyl (C=O) groups is 1. The highest BCUT2D eigenvalue weighted by Crippen LogP contribution is 2.31. The number of nitro groups is 1. The molecule has 0 saturated heterocycles. The number of hydrazine groups is 1. The zero-order chi connectivity index (χ0) is 20.8. The summed E-state index contributed by atoms with van der Waals surface area (Å²) in [5.41, 5.74) is 5.35. The third kappa shape index (κ3) is 4.76. The fraction of sp³-hybridized carbons (Fsp3) is 0.0556. The number of anilines is 3. The molecule has 0 aliphatic rings. The minimum absolute atomic E-state index is 0.0455. The summed E-state index contributed by atoms with van der Waals surface area (Å²) >= 11 is 3.28. The summed E-state index contributed by atoms with van der Waals surface area (Å²) in [7, 11) is 1.52. The first kappa shape index (κ1) is 20.0. The van der Waals surface area contributed by atoms with Crippen molar-refractivity contribution >= 4 is 44.8 Å². The number of ether oxygens (including phenoxy) is 1. The molecule has 0 fully saturated rings. The summed E-state index contributed by atoms with van der Waals surface area (Å²) in [4.78, 5) is 31.1. The Kier molecular flexibility index (Phi) is 6.19. The summed E-state index contributed by atoms with van der Waals surface area (Å²) < 4.78 is 5.72. The van der Waals surface area contributed by atoms with Crippen molar-refractivity contribution in [3.05, 3.63) is 75.0 Å². The molecule has 0 radical (unpaired) electrons. The van der Waals surface area contributed by atoms with Gasteiger partial charge in [0.15, 0.2) is 0 Å². The molecule has 1 heterocycles. The maximum atomic E-state index is 12.3. The van der Waals surface area contributed by atoms with E-state index in [4.69, 9.17) is 4.74 Å². The van der Waals surface area contributed by atoms with Gasteiger partial charge in [0, 0.05) is 16.2 Å². The van der Waals surface area contributed by atoms with Crippen molar-refractivity contribution in [2.75, 3.05) is 17.9 Å². The Hall–Kier alpha value is -3.73. The van der Waals surface area contributed by atoms with Gasteiger partial charge in [-0.3, -0.25) is 25.8 Å². The van der Waals surface area contributed by atoms with Crippen molar-refractivity contribution in [2.24, 2.45) is 0 Å². The van der Waals surface area contributed by atoms with E-state index in [9.17, 15) is 14.9 Å². The minimum atomic E-state index is -0.643. The molecule has 0 atom stereocenters. The van der Waals surface area contributed by atoms with Gasteiger partial charge in [-0.25, -0.2) is 9.97 Å². The average molecular weight is 459 g/mol. The fourth-order valence-electron chi connectivity index (χ4n) is 2.40. The molecular weight excluding hydrogens is 444 g/mol. The molecule has 29 heavy (non-hydrogen) atoms. The standard InChI is InChI=1S/C18H15BrN6O4/c1-29-12-6-4-5-11(9-12)22-16-15(25(27)28)17(21-10-20-16)23-24-18(26)13-7-2-3-8-14(13)19/h2-10H,1H3,(H,24,26)(H2,20,21,22,23). The van der Waals surface area contributed by atoms with Gasteiger partial charge in [0.2, 0.25) is 11.6 Å². The van der Waals surface area contributed by atoms with E-state index in [1.807, 2.05) is 0 Å². The Morgan fingerprint density at radius 1 is 1.14 bits per heavy atom. The van der Waals surface area contributed by atoms with Gasteiger partial charge in [0.1, 0.15) is 12.1 Å². The Labute approximate surface area is 173 Å². The molecule has 0 spiro atoms. The molecule has 2 aromatic carbocycles. The molecule has 1 aromatic heterocycles. The maximum absolute atomic E-state index is 12.3. The fourth-order valence-corrected chi connectivity index (χ4v) is 2.87. The zero-order valence-corrected chi connectivity index (χ0v) is 16.6. The van der Waals surface area contributed by atoms with Crippen LogP contribution in [0.2, 0.25) is 0 Å². The zero-order valence-electron chi connectivity index (χ0n) is 15.0. The molecule has 10 nitrogen and oxygen atoms in total. The van der Waals surface area contributed by atoms with Gasteiger partial charge in [0.05, 0.1) is 17.6 Å². The van der Waals surface area contributed by atoms with E-state index in [0.717, 1.165) is 6.33 Å². The summed E-state index contributed by atoms with van der Waals surface area (Å²) in [6.45, 7) is 0. The maximum Gasteiger partial charge on any atom is 0.355 e. The molecule has 1 amide bonds. The third-order valence-corrected chi connectivity index (χ3v) is 4.44. The number of benzene rings is 2. The largest absolute Gasteiger partial charge is 0.497 e. The lowest BCUT2D eigenvalue weighted by Crippen LogP contribution is -2.30. The SMILES string of the molecule is COc1cccc(Nc2ncnc(NNC(=O)c3ccccc3Br)c2[N+](=O)[O-])c1. The van der Waals surface area contributed by atoms with E-state index in [1.165, 1.54) is 7.11 Å². The van der Waals surface area contributed by atoms with E-state index in [-0.39, 0.29) is 11.6 Å². The van der Waals surface area contributed by atoms with Crippen molar-refractivity contribution in [1.82, 2.24) is 15.4 Å². The number of hydrogen-bond donors (Lipinski definition) is 3. The van der Waals surface area contributed by atoms with Crippen LogP contribution in [0.3, 0.4) is 0 Å². The van der Waals surface area contributed by atoms with Crippen molar-refractivity contribution in [3.8, 4) is 5.75 Å². The highest BCUT2D eigenvalue weighted by Gasteiger charge is 2.24. The second kappa shape index (κ2) is 8.97. The number of halogens is 1. The normalized spacial score (nSPS) is 10.1. The lowest BCUT2D eigenvalue weighted by molar-refractivity contribution is -0.383. The Morgan fingerprint density at radius 2 is 1.90 bits per heavy atom. The van der Waals surface area contributed by atoms with E-state index in [2.05, 4.69) is 42.1 Å². The lowest BCUT2D eigenvalue weighted by Gasteiger charge is -2.12. The average Bonchev–Trinajstić information content (AvgIpc) is 2.72. The first-order chi connectivity index (χ1) is 14.0. The van der Waals surface area contributed by atoms with Crippen molar-refractivity contribution in [3.63, 3.8) is 0 Å². The molecule has 148 valence electrons. The van der Waals surface area contributed by atoms with Crippen LogP contribution in [0.25, 0.3) is 0 Å². The Bertz CT molecular complexity index is 1060. The Morgan fingerprint density at radius 3 is 2.62 bits per heavy atom. The number of amides is 1. The van der Waals surface area contributed by atoms with Crippen LogP contribution in [0.5, 0.6) is 5.75 Å². The second-order valence-corrected chi connectivity index (χ2v) is 6.45. The second-order valence-electron chi connectivity index (χ2n) is 5.59. The van der Waals surface area contributed by atoms with Gasteiger partial charge in [-0.1, -0.05) is 18.2 Å². The van der Waals surface area contributed by atoms with E-state index < -0.39 is 16.5 Å². The lowest BCUT2D eigenvalue weighted by atomic mass is 10.2. The number of aromatic nitrogens is 2. The van der Waals surface area contributed by atoms with Crippen LogP contribution in [0.4, 0.5) is 23.0 Å². The van der Waals surface area contributed by atoms with Crippen molar-refractivity contribution in [2.45, 2.75) is 0 Å². The summed E-state index contributed by atoms with van der Waals surface area (Å²) in [5.74, 6) is -0.134. The number of rotatable bonds is 7. The molecule has 0 saturated carbocycles. The number of carbonyl (C=O) groups excluding carboxylic acids is 1. The van der Waals surface area contributed by atoms with Crippen molar-refractivity contribution in [1.29, 1.82) is 0 Å². The predicted octanol–water partition coefficient (Wildman–Crippen LogP) is 3.66. The molecule has 0 aliphatic heterocycles. The van der Waals surface area contributed by atoms with Crippen LogP contribution in [-0.2, 0) is 0 Å². The number of methoxy groups -OCH3 is 1. The van der Waals surface area contributed by atoms with E-state index >= 15 is 0 Å². The van der Waals surface area contributed by atoms with Gasteiger partial charge in [0.25, 0.3) is 5.91 Å². The van der Waals surface area contributed by atoms with Gasteiger partial charge in [-0.2, -0.15) is 0 Å². The quantitative estimate of drug-likeness (QED) is 0.361. The highest BCUT2D eigenvalue weighted by atomic mass is 79.9. The molecule has 0 bridgehead atoms. The monoisotopic (exact) mass is 458 g/mol. The topological polar surface area (TPSA) is 131 Å². The van der Waals surface area contributed by atoms with Crippen LogP contribution in [0, 0.1) is 10.1 Å². The summed E-state index contributed by atoms with van der Waals surface area (Å²) in [6, 6.07) is 13.6. The van der Waals surface area contributed by atoms with Crippen LogP contribution < -0.4 is 20.9 Å². The molecule has 11 heteroatoms. The van der Waals surface area contributed by atoms with Crippen molar-refractivity contribution < 1.29 is 14.5 Å². The van der Waals surface area contributed by atoms with Gasteiger partial charge >= 0.3 is 5.69 Å². The van der Waals surface area contributed by atoms with Crippen LogP contribution in [0.1, 0.15) is 10.4 Å². The molecule has 0 aliphatic carbocycles. The van der Waals surface area contributed by atoms with Gasteiger partial charge in [-0.15, -0.1) is 0 Å². The smallest absolute Gasteiger partial charge is 0.355 e. The third-order valence-electron chi connectivity index (χ3n) is 3.75. The first-order valence-corrected chi connectivity index (χ1v) is 9.00. The molecular formula is C18H15BrN6O4. The summed E-state index contributed by atoms with van der Waals surface area (Å²) in [5, 5.41) is 14.5. The molecule has 3 aromatic rings. The predicted molar refractivity (Wildman–Crippen MR) is 110 cm³/mol. The number of nitrogens with zero attached hydrogens (tertiary/aromatic N) is 3. The summed E-state index contributed by atoms with van der Waals surface area (Å²) in [6.07, 6.45) is 1.14. The molecule has 0 unspecified atom stereocenters. The van der Waals surface area contributed by atoms with E-state index in [1.54, 1.807) is 48.5 Å². The van der Waals surface area contributed by atoms with Crippen LogP contribution in [-0.4, -0.2) is 27.9 Å². The van der Waals surface area contributed by atoms with E-state index in [0.29, 0.717) is 21.5 Å². The van der Waals surface area contributed by atoms with Gasteiger partial charge < -0.3 is 10.1 Å². The Balaban J connectivity index is 1.84. The molecule has 3 N–H and O–H groups in total. The van der Waals surface area contributed by atoms with Crippen LogP contribution >= 0.6 is 15.9 Å². The first-order valence-electron chi connectivity index (χ1n) is 8.21. The number of hydrogen-bond acceptors (Lipinski definition) is 8. The van der Waals surface area contributed by atoms with Crippen LogP contribution in [0.15, 0.2) is 59.3 Å². The van der Waals surface area contributed by atoms with Gasteiger partial charge in [-0.05, 0) is 40.2 Å². The minimum Gasteiger partial charge on any atom is -0.497 e. The number of nitrogens with one attached hydrogen (secondary N) is 3. The highest BCUT2D eigenvalue weighted by molar-refractivity contribution is 9.10. The molecule has 3 rings (SSSR count).